The van der Waals surface area contributed by atoms with Crippen LogP contribution in [0.25, 0.3) is 0 Å². The number of sulfonamides is 1. The second kappa shape index (κ2) is 10.7. The van der Waals surface area contributed by atoms with Gasteiger partial charge in [-0.3, -0.25) is 14.7 Å². The fraction of sp³-hybridized carbons (Fsp3) is 0.714. The van der Waals surface area contributed by atoms with Gasteiger partial charge in [0.1, 0.15) is 4.90 Å². The largest absolute Gasteiger partial charge is 0.379 e. The zero-order chi connectivity index (χ0) is 21.6. The van der Waals surface area contributed by atoms with Crippen molar-refractivity contribution in [3.63, 3.8) is 0 Å². The Morgan fingerprint density at radius 1 is 1.23 bits per heavy atom. The lowest BCUT2D eigenvalue weighted by Crippen LogP contribution is -2.50. The number of nitrogens with zero attached hydrogens (tertiary/aromatic N) is 3. The van der Waals surface area contributed by atoms with E-state index < -0.39 is 10.0 Å². The number of morpholine rings is 1. The van der Waals surface area contributed by atoms with Gasteiger partial charge in [0.25, 0.3) is 0 Å². The van der Waals surface area contributed by atoms with Gasteiger partial charge in [-0.15, -0.1) is 0 Å². The lowest BCUT2D eigenvalue weighted by Gasteiger charge is -2.36. The molecule has 1 atom stereocenters. The third kappa shape index (κ3) is 6.00. The molecule has 168 valence electrons. The summed E-state index contributed by atoms with van der Waals surface area (Å²) in [4.78, 5) is 19.3. The first-order chi connectivity index (χ1) is 14.4. The van der Waals surface area contributed by atoms with Gasteiger partial charge in [0.2, 0.25) is 15.9 Å². The molecule has 0 bridgehead atoms. The molecule has 0 radical (unpaired) electrons. The summed E-state index contributed by atoms with van der Waals surface area (Å²) in [5, 5.41) is 3.14. The molecule has 1 unspecified atom stereocenters. The summed E-state index contributed by atoms with van der Waals surface area (Å²) in [6.45, 7) is 9.03. The quantitative estimate of drug-likeness (QED) is 0.659. The van der Waals surface area contributed by atoms with Crippen molar-refractivity contribution < 1.29 is 17.9 Å². The number of rotatable bonds is 8. The maximum absolute atomic E-state index is 12.8. The van der Waals surface area contributed by atoms with Gasteiger partial charge in [0.05, 0.1) is 13.2 Å². The lowest BCUT2D eigenvalue weighted by atomic mass is 9.96. The summed E-state index contributed by atoms with van der Waals surface area (Å²) in [6, 6.07) is 3.49. The zero-order valence-electron chi connectivity index (χ0n) is 18.0. The van der Waals surface area contributed by atoms with Gasteiger partial charge in [-0.2, -0.15) is 4.31 Å². The summed E-state index contributed by atoms with van der Waals surface area (Å²) < 4.78 is 32.4. The van der Waals surface area contributed by atoms with Gasteiger partial charge in [-0.25, -0.2) is 8.42 Å². The van der Waals surface area contributed by atoms with Crippen molar-refractivity contribution in [2.45, 2.75) is 44.0 Å². The molecule has 30 heavy (non-hydrogen) atoms. The summed E-state index contributed by atoms with van der Waals surface area (Å²) in [5.74, 6) is 0.445. The molecular formula is C21H34N4O4S. The van der Waals surface area contributed by atoms with E-state index in [9.17, 15) is 13.2 Å². The highest BCUT2D eigenvalue weighted by atomic mass is 32.2. The number of aromatic nitrogens is 1. The van der Waals surface area contributed by atoms with Crippen LogP contribution in [-0.2, 0) is 19.6 Å². The summed E-state index contributed by atoms with van der Waals surface area (Å²) in [5.41, 5.74) is 0. The Balaban J connectivity index is 1.50. The SMILES string of the molecule is CC(C)CC(CNC(=O)C1CCN(S(=O)(=O)c2cccnc2)CC1)N1CCOCC1. The Morgan fingerprint density at radius 2 is 1.93 bits per heavy atom. The first-order valence-electron chi connectivity index (χ1n) is 10.9. The van der Waals surface area contributed by atoms with E-state index in [1.807, 2.05) is 0 Å². The lowest BCUT2D eigenvalue weighted by molar-refractivity contribution is -0.126. The Bertz CT molecular complexity index is 773. The van der Waals surface area contributed by atoms with E-state index in [0.717, 1.165) is 32.7 Å². The minimum absolute atomic E-state index is 0.0374. The number of hydrogen-bond acceptors (Lipinski definition) is 6. The maximum atomic E-state index is 12.8. The van der Waals surface area contributed by atoms with Crippen LogP contribution in [0.4, 0.5) is 0 Å². The van der Waals surface area contributed by atoms with Gasteiger partial charge < -0.3 is 10.1 Å². The summed E-state index contributed by atoms with van der Waals surface area (Å²) in [6.07, 6.45) is 5.03. The fourth-order valence-corrected chi connectivity index (χ4v) is 5.65. The molecule has 1 aromatic rings. The van der Waals surface area contributed by atoms with E-state index in [4.69, 9.17) is 4.74 Å². The maximum Gasteiger partial charge on any atom is 0.244 e. The van der Waals surface area contributed by atoms with Gasteiger partial charge in [0.15, 0.2) is 0 Å². The van der Waals surface area contributed by atoms with Crippen molar-refractivity contribution in [1.29, 1.82) is 0 Å². The molecule has 2 saturated heterocycles. The van der Waals surface area contributed by atoms with Crippen LogP contribution in [0.15, 0.2) is 29.4 Å². The van der Waals surface area contributed by atoms with Crippen LogP contribution in [-0.4, -0.2) is 80.5 Å². The van der Waals surface area contributed by atoms with Crippen LogP contribution >= 0.6 is 0 Å². The van der Waals surface area contributed by atoms with Gasteiger partial charge in [0, 0.05) is 57.1 Å². The predicted octanol–water partition coefficient (Wildman–Crippen LogP) is 1.35. The van der Waals surface area contributed by atoms with Crippen LogP contribution in [0.5, 0.6) is 0 Å². The normalized spacial score (nSPS) is 20.9. The van der Waals surface area contributed by atoms with E-state index in [0.29, 0.717) is 44.4 Å². The van der Waals surface area contributed by atoms with Crippen LogP contribution < -0.4 is 5.32 Å². The van der Waals surface area contributed by atoms with Crippen molar-refractivity contribution >= 4 is 15.9 Å². The number of hydrogen-bond donors (Lipinski definition) is 1. The topological polar surface area (TPSA) is 91.8 Å². The van der Waals surface area contributed by atoms with Crippen molar-refractivity contribution in [3.05, 3.63) is 24.5 Å². The number of nitrogens with one attached hydrogen (secondary N) is 1. The second-order valence-electron chi connectivity index (χ2n) is 8.54. The molecule has 3 heterocycles. The molecule has 1 aromatic heterocycles. The highest BCUT2D eigenvalue weighted by Gasteiger charge is 2.32. The third-order valence-corrected chi connectivity index (χ3v) is 7.80. The highest BCUT2D eigenvalue weighted by Crippen LogP contribution is 2.23. The number of piperidine rings is 1. The first kappa shape index (κ1) is 23.1. The monoisotopic (exact) mass is 438 g/mol. The molecule has 0 spiro atoms. The predicted molar refractivity (Wildman–Crippen MR) is 114 cm³/mol. The smallest absolute Gasteiger partial charge is 0.244 e. The van der Waals surface area contributed by atoms with Crippen LogP contribution in [0.3, 0.4) is 0 Å². The molecule has 8 nitrogen and oxygen atoms in total. The Hall–Kier alpha value is -1.55. The zero-order valence-corrected chi connectivity index (χ0v) is 18.8. The Kier molecular flexibility index (Phi) is 8.21. The number of ether oxygens (including phenoxy) is 1. The number of carbonyl (C=O) groups is 1. The molecule has 0 aliphatic carbocycles. The molecular weight excluding hydrogens is 404 g/mol. The molecule has 2 aliphatic heterocycles. The molecule has 0 saturated carbocycles. The van der Waals surface area contributed by atoms with Crippen molar-refractivity contribution in [2.24, 2.45) is 11.8 Å². The minimum atomic E-state index is -3.54. The molecule has 2 aliphatic rings. The van der Waals surface area contributed by atoms with Crippen LogP contribution in [0, 0.1) is 11.8 Å². The van der Waals surface area contributed by atoms with Crippen molar-refractivity contribution in [1.82, 2.24) is 19.5 Å². The van der Waals surface area contributed by atoms with Gasteiger partial charge in [-0.05, 0) is 37.3 Å². The summed E-state index contributed by atoms with van der Waals surface area (Å²) in [7, 11) is -3.54. The van der Waals surface area contributed by atoms with E-state index in [1.165, 1.54) is 10.5 Å². The third-order valence-electron chi connectivity index (χ3n) is 5.91. The van der Waals surface area contributed by atoms with E-state index in [2.05, 4.69) is 29.0 Å². The Labute approximate surface area is 180 Å². The number of carbonyl (C=O) groups excluding carboxylic acids is 1. The fourth-order valence-electron chi connectivity index (χ4n) is 4.22. The minimum Gasteiger partial charge on any atom is -0.379 e. The molecule has 1 N–H and O–H groups in total. The second-order valence-corrected chi connectivity index (χ2v) is 10.5. The number of pyridine rings is 1. The van der Waals surface area contributed by atoms with E-state index in [1.54, 1.807) is 18.3 Å². The number of amides is 1. The average molecular weight is 439 g/mol. The first-order valence-corrected chi connectivity index (χ1v) is 12.3. The van der Waals surface area contributed by atoms with Crippen molar-refractivity contribution in [3.8, 4) is 0 Å². The molecule has 2 fully saturated rings. The standard InChI is InChI=1S/C21H34N4O4S/c1-17(2)14-19(24-10-12-29-13-11-24)15-23-21(26)18-5-8-25(9-6-18)30(27,28)20-4-3-7-22-16-20/h3-4,7,16-19H,5-6,8-15H2,1-2H3,(H,23,26). The highest BCUT2D eigenvalue weighted by molar-refractivity contribution is 7.89. The molecule has 1 amide bonds. The molecule has 0 aromatic carbocycles. The Morgan fingerprint density at radius 3 is 2.53 bits per heavy atom. The van der Waals surface area contributed by atoms with Gasteiger partial charge in [-0.1, -0.05) is 13.8 Å². The van der Waals surface area contributed by atoms with E-state index in [-0.39, 0.29) is 16.7 Å². The van der Waals surface area contributed by atoms with Crippen LogP contribution in [0.2, 0.25) is 0 Å². The van der Waals surface area contributed by atoms with E-state index >= 15 is 0 Å². The molecule has 9 heteroatoms. The molecule has 3 rings (SSSR count). The average Bonchev–Trinajstić information content (AvgIpc) is 2.77. The van der Waals surface area contributed by atoms with Crippen molar-refractivity contribution in [2.75, 3.05) is 45.9 Å². The van der Waals surface area contributed by atoms with Gasteiger partial charge >= 0.3 is 0 Å². The van der Waals surface area contributed by atoms with Crippen LogP contribution in [0.1, 0.15) is 33.1 Å². The summed E-state index contributed by atoms with van der Waals surface area (Å²) >= 11 is 0.